The Morgan fingerprint density at radius 1 is 1.12 bits per heavy atom. The van der Waals surface area contributed by atoms with E-state index >= 15 is 0 Å². The van der Waals surface area contributed by atoms with Gasteiger partial charge in [-0.1, -0.05) is 18.2 Å². The van der Waals surface area contributed by atoms with Crippen molar-refractivity contribution >= 4 is 17.6 Å². The second kappa shape index (κ2) is 8.85. The number of hydrogen-bond donors (Lipinski definition) is 2. The lowest BCUT2D eigenvalue weighted by atomic mass is 9.93. The van der Waals surface area contributed by atoms with Gasteiger partial charge in [-0.25, -0.2) is 4.79 Å². The zero-order valence-corrected chi connectivity index (χ0v) is 14.6. The van der Waals surface area contributed by atoms with Crippen LogP contribution in [-0.2, 0) is 9.53 Å². The number of nitrogens with one attached hydrogen (secondary N) is 2. The van der Waals surface area contributed by atoms with E-state index in [1.165, 1.54) is 0 Å². The summed E-state index contributed by atoms with van der Waals surface area (Å²) in [7, 11) is 0. The van der Waals surface area contributed by atoms with Crippen LogP contribution in [0.4, 0.5) is 10.5 Å². The highest BCUT2D eigenvalue weighted by Gasteiger charge is 2.25. The molecule has 2 heterocycles. The summed E-state index contributed by atoms with van der Waals surface area (Å²) in [5, 5.41) is 5.89. The molecule has 25 heavy (non-hydrogen) atoms. The monoisotopic (exact) mass is 345 g/mol. The van der Waals surface area contributed by atoms with Crippen molar-refractivity contribution in [3.8, 4) is 0 Å². The molecule has 0 spiro atoms. The van der Waals surface area contributed by atoms with Crippen molar-refractivity contribution in [3.63, 3.8) is 0 Å². The molecule has 3 amide bonds. The number of benzene rings is 1. The van der Waals surface area contributed by atoms with Gasteiger partial charge in [-0.05, 0) is 43.7 Å². The first-order chi connectivity index (χ1) is 12.2. The van der Waals surface area contributed by atoms with Crippen LogP contribution in [0.25, 0.3) is 0 Å². The molecule has 0 bridgehead atoms. The van der Waals surface area contributed by atoms with Gasteiger partial charge in [0, 0.05) is 38.3 Å². The number of nitrogens with zero attached hydrogens (tertiary/aromatic N) is 1. The van der Waals surface area contributed by atoms with Crippen molar-refractivity contribution in [1.82, 2.24) is 10.2 Å². The lowest BCUT2D eigenvalue weighted by molar-refractivity contribution is -0.122. The minimum atomic E-state index is -0.0625. The number of ether oxygens (including phenoxy) is 1. The molecule has 6 nitrogen and oxygen atoms in total. The number of likely N-dealkylation sites (tertiary alicyclic amines) is 1. The zero-order chi connectivity index (χ0) is 17.5. The highest BCUT2D eigenvalue weighted by atomic mass is 16.5. The van der Waals surface area contributed by atoms with E-state index in [0.717, 1.165) is 38.0 Å². The van der Waals surface area contributed by atoms with Gasteiger partial charge in [0.2, 0.25) is 5.91 Å². The Morgan fingerprint density at radius 2 is 1.88 bits per heavy atom. The SMILES string of the molecule is O=C(CC1CCN(C(=O)Nc2ccccc2)CC1)NC[C@H]1CCCO1. The average molecular weight is 345 g/mol. The standard InChI is InChI=1S/C19H27N3O3/c23-18(20-14-17-7-4-12-25-17)13-15-8-10-22(11-9-15)19(24)21-16-5-2-1-3-6-16/h1-3,5-6,15,17H,4,7-14H2,(H,20,23)(H,21,24)/t17-/m1/s1. The first-order valence-electron chi connectivity index (χ1n) is 9.20. The molecule has 1 atom stereocenters. The third kappa shape index (κ3) is 5.46. The predicted octanol–water partition coefficient (Wildman–Crippen LogP) is 2.62. The lowest BCUT2D eigenvalue weighted by Gasteiger charge is -2.31. The van der Waals surface area contributed by atoms with Crippen molar-refractivity contribution in [2.75, 3.05) is 31.6 Å². The van der Waals surface area contributed by atoms with E-state index in [-0.39, 0.29) is 18.0 Å². The highest BCUT2D eigenvalue weighted by molar-refractivity contribution is 5.89. The number of para-hydroxylation sites is 1. The molecular formula is C19H27N3O3. The smallest absolute Gasteiger partial charge is 0.321 e. The van der Waals surface area contributed by atoms with Crippen molar-refractivity contribution in [2.45, 2.75) is 38.2 Å². The van der Waals surface area contributed by atoms with E-state index in [9.17, 15) is 9.59 Å². The molecular weight excluding hydrogens is 318 g/mol. The van der Waals surface area contributed by atoms with Gasteiger partial charge >= 0.3 is 6.03 Å². The van der Waals surface area contributed by atoms with Crippen LogP contribution in [0, 0.1) is 5.92 Å². The number of urea groups is 1. The number of carbonyl (C=O) groups excluding carboxylic acids is 2. The maximum Gasteiger partial charge on any atom is 0.321 e. The highest BCUT2D eigenvalue weighted by Crippen LogP contribution is 2.21. The maximum atomic E-state index is 12.3. The van der Waals surface area contributed by atoms with Crippen molar-refractivity contribution < 1.29 is 14.3 Å². The fourth-order valence-electron chi connectivity index (χ4n) is 3.43. The average Bonchev–Trinajstić information content (AvgIpc) is 3.15. The number of piperidine rings is 1. The third-order valence-corrected chi connectivity index (χ3v) is 4.95. The molecule has 0 radical (unpaired) electrons. The number of anilines is 1. The van der Waals surface area contributed by atoms with Gasteiger partial charge < -0.3 is 20.3 Å². The predicted molar refractivity (Wildman–Crippen MR) is 96.4 cm³/mol. The summed E-state index contributed by atoms with van der Waals surface area (Å²) in [4.78, 5) is 26.2. The molecule has 0 aromatic heterocycles. The minimum absolute atomic E-state index is 0.0625. The second-order valence-electron chi connectivity index (χ2n) is 6.87. The topological polar surface area (TPSA) is 70.7 Å². The molecule has 2 aliphatic rings. The Balaban J connectivity index is 1.35. The molecule has 3 rings (SSSR count). The Kier molecular flexibility index (Phi) is 6.28. The van der Waals surface area contributed by atoms with Crippen LogP contribution < -0.4 is 10.6 Å². The molecule has 0 aliphatic carbocycles. The number of carbonyl (C=O) groups is 2. The molecule has 136 valence electrons. The normalized spacial score (nSPS) is 21.1. The number of amides is 3. The number of hydrogen-bond acceptors (Lipinski definition) is 3. The van der Waals surface area contributed by atoms with Gasteiger partial charge in [-0.15, -0.1) is 0 Å². The third-order valence-electron chi connectivity index (χ3n) is 4.95. The van der Waals surface area contributed by atoms with Gasteiger partial charge in [0.1, 0.15) is 0 Å². The molecule has 1 aromatic rings. The zero-order valence-electron chi connectivity index (χ0n) is 14.6. The summed E-state index contributed by atoms with van der Waals surface area (Å²) in [6, 6.07) is 9.41. The quantitative estimate of drug-likeness (QED) is 0.862. The molecule has 2 saturated heterocycles. The minimum Gasteiger partial charge on any atom is -0.376 e. The van der Waals surface area contributed by atoms with E-state index in [4.69, 9.17) is 4.74 Å². The fraction of sp³-hybridized carbons (Fsp3) is 0.579. The summed E-state index contributed by atoms with van der Waals surface area (Å²) in [5.74, 6) is 0.452. The van der Waals surface area contributed by atoms with E-state index in [0.29, 0.717) is 32.0 Å². The van der Waals surface area contributed by atoms with Crippen molar-refractivity contribution in [3.05, 3.63) is 30.3 Å². The van der Waals surface area contributed by atoms with Crippen LogP contribution in [0.3, 0.4) is 0 Å². The summed E-state index contributed by atoms with van der Waals surface area (Å²) in [6.45, 7) is 2.83. The summed E-state index contributed by atoms with van der Waals surface area (Å²) < 4.78 is 5.52. The Hall–Kier alpha value is -2.08. The molecule has 2 N–H and O–H groups in total. The first-order valence-corrected chi connectivity index (χ1v) is 9.20. The van der Waals surface area contributed by atoms with Gasteiger partial charge in [0.25, 0.3) is 0 Å². The summed E-state index contributed by atoms with van der Waals surface area (Å²) in [6.07, 6.45) is 4.60. The van der Waals surface area contributed by atoms with Crippen molar-refractivity contribution in [2.24, 2.45) is 5.92 Å². The van der Waals surface area contributed by atoms with Crippen molar-refractivity contribution in [1.29, 1.82) is 0 Å². The fourth-order valence-corrected chi connectivity index (χ4v) is 3.43. The van der Waals surface area contributed by atoms with E-state index in [1.54, 1.807) is 0 Å². The van der Waals surface area contributed by atoms with E-state index in [1.807, 2.05) is 35.2 Å². The summed E-state index contributed by atoms with van der Waals surface area (Å²) >= 11 is 0. The van der Waals surface area contributed by atoms with Crippen LogP contribution in [0.1, 0.15) is 32.1 Å². The lowest BCUT2D eigenvalue weighted by Crippen LogP contribution is -2.42. The summed E-state index contributed by atoms with van der Waals surface area (Å²) in [5.41, 5.74) is 0.808. The molecule has 2 fully saturated rings. The first kappa shape index (κ1) is 17.7. The van der Waals surface area contributed by atoms with Crippen LogP contribution in [0.2, 0.25) is 0 Å². The largest absolute Gasteiger partial charge is 0.376 e. The van der Waals surface area contributed by atoms with Gasteiger partial charge in [-0.3, -0.25) is 4.79 Å². The second-order valence-corrected chi connectivity index (χ2v) is 6.87. The molecule has 2 aliphatic heterocycles. The van der Waals surface area contributed by atoms with E-state index in [2.05, 4.69) is 10.6 Å². The molecule has 1 aromatic carbocycles. The molecule has 0 unspecified atom stereocenters. The molecule has 0 saturated carbocycles. The molecule has 6 heteroatoms. The van der Waals surface area contributed by atoms with Crippen LogP contribution in [-0.4, -0.2) is 49.2 Å². The van der Waals surface area contributed by atoms with Gasteiger partial charge in [-0.2, -0.15) is 0 Å². The Bertz CT molecular complexity index is 565. The Labute approximate surface area is 148 Å². The number of rotatable bonds is 5. The van der Waals surface area contributed by atoms with Crippen LogP contribution >= 0.6 is 0 Å². The van der Waals surface area contributed by atoms with Gasteiger partial charge in [0.05, 0.1) is 6.10 Å². The Morgan fingerprint density at radius 3 is 2.56 bits per heavy atom. The van der Waals surface area contributed by atoms with E-state index < -0.39 is 0 Å². The van der Waals surface area contributed by atoms with Crippen LogP contribution in [0.15, 0.2) is 30.3 Å². The van der Waals surface area contributed by atoms with Gasteiger partial charge in [0.15, 0.2) is 0 Å². The maximum absolute atomic E-state index is 12.3. The van der Waals surface area contributed by atoms with Crippen LogP contribution in [0.5, 0.6) is 0 Å².